The molecule has 0 spiro atoms. The molecule has 3 nitrogen and oxygen atoms in total. The molecule has 0 fully saturated rings. The van der Waals surface area contributed by atoms with Crippen LogP contribution in [0.5, 0.6) is 0 Å². The van der Waals surface area contributed by atoms with Gasteiger partial charge in [0.15, 0.2) is 0 Å². The van der Waals surface area contributed by atoms with Crippen molar-refractivity contribution in [3.8, 4) is 0 Å². The molecule has 4 heteroatoms. The topological polar surface area (TPSA) is 29.3 Å². The molecule has 0 atom stereocenters. The summed E-state index contributed by atoms with van der Waals surface area (Å²) in [4.78, 5) is 6.53. The minimum absolute atomic E-state index is 0.789. The van der Waals surface area contributed by atoms with E-state index in [1.165, 1.54) is 5.56 Å². The van der Waals surface area contributed by atoms with Crippen LogP contribution in [0.15, 0.2) is 33.5 Å². The summed E-state index contributed by atoms with van der Waals surface area (Å²) in [7, 11) is 2.02. The van der Waals surface area contributed by atoms with Crippen molar-refractivity contribution in [3.05, 3.63) is 46.0 Å². The average Bonchev–Trinajstić information content (AvgIpc) is 2.64. The smallest absolute Gasteiger partial charge is 0.142 e. The number of rotatable bonds is 3. The predicted molar refractivity (Wildman–Crippen MR) is 72.2 cm³/mol. The first-order valence-electron chi connectivity index (χ1n) is 5.44. The van der Waals surface area contributed by atoms with Crippen molar-refractivity contribution < 1.29 is 4.42 Å². The van der Waals surface area contributed by atoms with Gasteiger partial charge in [-0.15, -0.1) is 0 Å². The Labute approximate surface area is 110 Å². The molecule has 0 aliphatic heterocycles. The summed E-state index contributed by atoms with van der Waals surface area (Å²) in [5, 5.41) is 0. The van der Waals surface area contributed by atoms with Crippen LogP contribution in [0.4, 0.5) is 5.82 Å². The lowest BCUT2D eigenvalue weighted by atomic mass is 10.2. The molecule has 17 heavy (non-hydrogen) atoms. The maximum Gasteiger partial charge on any atom is 0.142 e. The Hall–Kier alpha value is -1.29. The molecule has 2 heterocycles. The minimum atomic E-state index is 0.789. The predicted octanol–water partition coefficient (Wildman–Crippen LogP) is 3.69. The van der Waals surface area contributed by atoms with Crippen molar-refractivity contribution in [1.82, 2.24) is 4.98 Å². The number of pyridine rings is 1. The molecule has 0 aliphatic carbocycles. The second kappa shape index (κ2) is 4.92. The van der Waals surface area contributed by atoms with Crippen LogP contribution in [0.3, 0.4) is 0 Å². The molecular formula is C13H15BrN2O. The first kappa shape index (κ1) is 12.2. The lowest BCUT2D eigenvalue weighted by Crippen LogP contribution is -2.18. The van der Waals surface area contributed by atoms with Gasteiger partial charge >= 0.3 is 0 Å². The zero-order valence-electron chi connectivity index (χ0n) is 10.2. The van der Waals surface area contributed by atoms with Crippen LogP contribution in [-0.4, -0.2) is 12.0 Å². The molecule has 2 aromatic heterocycles. The Kier molecular flexibility index (Phi) is 3.52. The van der Waals surface area contributed by atoms with Crippen LogP contribution in [0.2, 0.25) is 0 Å². The van der Waals surface area contributed by atoms with Gasteiger partial charge in [-0.25, -0.2) is 4.98 Å². The van der Waals surface area contributed by atoms with E-state index in [-0.39, 0.29) is 0 Å². The number of hydrogen-bond acceptors (Lipinski definition) is 3. The van der Waals surface area contributed by atoms with Gasteiger partial charge in [-0.2, -0.15) is 0 Å². The molecule has 0 amide bonds. The molecular weight excluding hydrogens is 280 g/mol. The summed E-state index contributed by atoms with van der Waals surface area (Å²) in [5.74, 6) is 1.90. The van der Waals surface area contributed by atoms with Crippen molar-refractivity contribution in [3.63, 3.8) is 0 Å². The summed E-state index contributed by atoms with van der Waals surface area (Å²) in [6.07, 6.45) is 3.59. The van der Waals surface area contributed by atoms with E-state index in [9.17, 15) is 0 Å². The highest BCUT2D eigenvalue weighted by Crippen LogP contribution is 2.25. The van der Waals surface area contributed by atoms with Gasteiger partial charge in [-0.05, 0) is 47.5 Å². The van der Waals surface area contributed by atoms with Crippen molar-refractivity contribution in [2.75, 3.05) is 11.9 Å². The molecule has 90 valence electrons. The number of nitrogens with zero attached hydrogens (tertiary/aromatic N) is 2. The fourth-order valence-corrected chi connectivity index (χ4v) is 2.48. The average molecular weight is 295 g/mol. The number of hydrogen-bond donors (Lipinski definition) is 0. The van der Waals surface area contributed by atoms with Crippen LogP contribution in [-0.2, 0) is 6.54 Å². The van der Waals surface area contributed by atoms with Gasteiger partial charge in [0.05, 0.1) is 10.7 Å². The Morgan fingerprint density at radius 3 is 2.76 bits per heavy atom. The monoisotopic (exact) mass is 294 g/mol. The Morgan fingerprint density at radius 1 is 1.41 bits per heavy atom. The Morgan fingerprint density at radius 2 is 2.18 bits per heavy atom. The van der Waals surface area contributed by atoms with Gasteiger partial charge in [-0.1, -0.05) is 0 Å². The van der Waals surface area contributed by atoms with Crippen molar-refractivity contribution in [2.45, 2.75) is 20.4 Å². The van der Waals surface area contributed by atoms with Gasteiger partial charge in [0.2, 0.25) is 0 Å². The largest absolute Gasteiger partial charge is 0.469 e. The number of halogens is 1. The molecule has 0 N–H and O–H groups in total. The van der Waals surface area contributed by atoms with Gasteiger partial charge in [0.1, 0.15) is 11.6 Å². The summed E-state index contributed by atoms with van der Waals surface area (Å²) in [5.41, 5.74) is 2.33. The Bertz CT molecular complexity index is 522. The standard InChI is InChI=1S/C13H15BrN2O/c1-9-6-12(14)13(15-7-9)16(3)8-11-4-5-17-10(11)2/h4-7H,8H2,1-3H3. The third-order valence-corrected chi connectivity index (χ3v) is 3.28. The molecule has 0 saturated carbocycles. The lowest BCUT2D eigenvalue weighted by Gasteiger charge is -2.19. The van der Waals surface area contributed by atoms with Crippen LogP contribution in [0.1, 0.15) is 16.9 Å². The first-order chi connectivity index (χ1) is 8.08. The van der Waals surface area contributed by atoms with E-state index in [1.807, 2.05) is 33.2 Å². The first-order valence-corrected chi connectivity index (χ1v) is 6.23. The fraction of sp³-hybridized carbons (Fsp3) is 0.308. The molecule has 2 rings (SSSR count). The van der Waals surface area contributed by atoms with Gasteiger partial charge in [0.25, 0.3) is 0 Å². The van der Waals surface area contributed by atoms with Crippen LogP contribution < -0.4 is 4.90 Å². The van der Waals surface area contributed by atoms with E-state index in [4.69, 9.17) is 4.42 Å². The highest BCUT2D eigenvalue weighted by molar-refractivity contribution is 9.10. The third-order valence-electron chi connectivity index (χ3n) is 2.69. The lowest BCUT2D eigenvalue weighted by molar-refractivity contribution is 0.529. The zero-order valence-corrected chi connectivity index (χ0v) is 11.8. The molecule has 0 aromatic carbocycles. The van der Waals surface area contributed by atoms with E-state index >= 15 is 0 Å². The molecule has 0 bridgehead atoms. The number of anilines is 1. The number of aryl methyl sites for hydroxylation is 2. The van der Waals surface area contributed by atoms with E-state index in [2.05, 4.69) is 31.9 Å². The molecule has 0 unspecified atom stereocenters. The zero-order chi connectivity index (χ0) is 12.4. The second-order valence-corrected chi connectivity index (χ2v) is 5.03. The highest BCUT2D eigenvalue weighted by Gasteiger charge is 2.10. The van der Waals surface area contributed by atoms with Crippen molar-refractivity contribution >= 4 is 21.7 Å². The fourth-order valence-electron chi connectivity index (χ4n) is 1.71. The molecule has 2 aromatic rings. The van der Waals surface area contributed by atoms with Crippen LogP contribution in [0.25, 0.3) is 0 Å². The van der Waals surface area contributed by atoms with Gasteiger partial charge < -0.3 is 9.32 Å². The summed E-state index contributed by atoms with van der Waals surface area (Å²) in [6.45, 7) is 4.79. The van der Waals surface area contributed by atoms with Crippen LogP contribution in [0, 0.1) is 13.8 Å². The maximum absolute atomic E-state index is 5.29. The maximum atomic E-state index is 5.29. The Balaban J connectivity index is 2.20. The summed E-state index contributed by atoms with van der Waals surface area (Å²) < 4.78 is 6.31. The second-order valence-electron chi connectivity index (χ2n) is 4.18. The molecule has 0 radical (unpaired) electrons. The highest BCUT2D eigenvalue weighted by atomic mass is 79.9. The molecule has 0 aliphatic rings. The number of furan rings is 1. The van der Waals surface area contributed by atoms with E-state index in [1.54, 1.807) is 6.26 Å². The van der Waals surface area contributed by atoms with E-state index in [0.717, 1.165) is 28.2 Å². The normalized spacial score (nSPS) is 10.6. The number of aromatic nitrogens is 1. The van der Waals surface area contributed by atoms with Gasteiger partial charge in [0, 0.05) is 25.4 Å². The van der Waals surface area contributed by atoms with E-state index in [0.29, 0.717) is 0 Å². The van der Waals surface area contributed by atoms with E-state index < -0.39 is 0 Å². The third kappa shape index (κ3) is 2.69. The summed E-state index contributed by atoms with van der Waals surface area (Å²) >= 11 is 3.54. The van der Waals surface area contributed by atoms with Gasteiger partial charge in [-0.3, -0.25) is 0 Å². The van der Waals surface area contributed by atoms with Crippen molar-refractivity contribution in [1.29, 1.82) is 0 Å². The SMILES string of the molecule is Cc1cnc(N(C)Cc2ccoc2C)c(Br)c1. The van der Waals surface area contributed by atoms with Crippen molar-refractivity contribution in [2.24, 2.45) is 0 Å². The minimum Gasteiger partial charge on any atom is -0.469 e. The quantitative estimate of drug-likeness (QED) is 0.865. The summed E-state index contributed by atoms with van der Waals surface area (Å²) in [6, 6.07) is 4.06. The van der Waals surface area contributed by atoms with Crippen LogP contribution >= 0.6 is 15.9 Å². The molecule has 0 saturated heterocycles.